The molecule has 2 N–H and O–H groups in total. The van der Waals surface area contributed by atoms with Crippen LogP contribution in [0.1, 0.15) is 25.8 Å². The molecule has 0 saturated heterocycles. The van der Waals surface area contributed by atoms with Crippen LogP contribution in [0.3, 0.4) is 0 Å². The van der Waals surface area contributed by atoms with Crippen molar-refractivity contribution in [2.75, 3.05) is 40.3 Å². The molecule has 1 rings (SSSR count). The van der Waals surface area contributed by atoms with Crippen LogP contribution < -0.4 is 5.73 Å². The first-order valence-corrected chi connectivity index (χ1v) is 8.13. The Morgan fingerprint density at radius 3 is 2.19 bits per heavy atom. The summed E-state index contributed by atoms with van der Waals surface area (Å²) in [5.41, 5.74) is 7.42. The number of nitrogens with zero attached hydrogens (tertiary/aromatic N) is 2. The van der Waals surface area contributed by atoms with Gasteiger partial charge in [0.1, 0.15) is 0 Å². The summed E-state index contributed by atoms with van der Waals surface area (Å²) >= 11 is 5.97. The normalized spacial score (nSPS) is 14.7. The van der Waals surface area contributed by atoms with E-state index in [1.54, 1.807) is 0 Å². The predicted octanol–water partition coefficient (Wildman–Crippen LogP) is 2.87. The third kappa shape index (κ3) is 5.95. The zero-order chi connectivity index (χ0) is 15.9. The van der Waals surface area contributed by atoms with Crippen LogP contribution in [0, 0.1) is 0 Å². The number of nitrogens with two attached hydrogens (primary N) is 1. The number of hydrogen-bond acceptors (Lipinski definition) is 3. The molecule has 3 nitrogen and oxygen atoms in total. The van der Waals surface area contributed by atoms with Crippen LogP contribution in [0.4, 0.5) is 0 Å². The maximum absolute atomic E-state index is 6.14. The van der Waals surface area contributed by atoms with E-state index >= 15 is 0 Å². The molecule has 4 heteroatoms. The summed E-state index contributed by atoms with van der Waals surface area (Å²) in [5.74, 6) is 0. The Kier molecular flexibility index (Phi) is 7.67. The highest BCUT2D eigenvalue weighted by molar-refractivity contribution is 6.30. The van der Waals surface area contributed by atoms with Gasteiger partial charge in [-0.05, 0) is 58.1 Å². The van der Waals surface area contributed by atoms with Crippen molar-refractivity contribution >= 4 is 11.6 Å². The second-order valence-electron chi connectivity index (χ2n) is 6.29. The summed E-state index contributed by atoms with van der Waals surface area (Å²) in [6.45, 7) is 8.32. The van der Waals surface area contributed by atoms with Crippen molar-refractivity contribution in [2.45, 2.75) is 32.2 Å². The van der Waals surface area contributed by atoms with Crippen molar-refractivity contribution in [2.24, 2.45) is 5.73 Å². The predicted molar refractivity (Wildman–Crippen MR) is 93.0 cm³/mol. The molecule has 1 unspecified atom stereocenters. The number of likely N-dealkylation sites (N-methyl/N-ethyl adjacent to an activating group) is 1. The first kappa shape index (κ1) is 18.4. The minimum absolute atomic E-state index is 0.0140. The van der Waals surface area contributed by atoms with Gasteiger partial charge in [-0.2, -0.15) is 0 Å². The first-order valence-electron chi connectivity index (χ1n) is 7.75. The van der Waals surface area contributed by atoms with E-state index in [9.17, 15) is 0 Å². The Morgan fingerprint density at radius 1 is 1.10 bits per heavy atom. The summed E-state index contributed by atoms with van der Waals surface area (Å²) < 4.78 is 0. The highest BCUT2D eigenvalue weighted by Gasteiger charge is 2.30. The van der Waals surface area contributed by atoms with E-state index in [2.05, 4.69) is 49.9 Å². The lowest BCUT2D eigenvalue weighted by Crippen LogP contribution is -2.55. The standard InChI is InChI=1S/C17H30ClN3/c1-5-10-21(12-11-20(3)4)17(2,14-19)13-15-6-8-16(18)9-7-15/h6-9H,5,10-14,19H2,1-4H3. The molecule has 0 bridgehead atoms. The zero-order valence-corrected chi connectivity index (χ0v) is 14.7. The Hall–Kier alpha value is -0.610. The molecule has 0 aliphatic rings. The van der Waals surface area contributed by atoms with Crippen LogP contribution in [0.5, 0.6) is 0 Å². The van der Waals surface area contributed by atoms with E-state index in [1.807, 2.05) is 12.1 Å². The fraction of sp³-hybridized carbons (Fsp3) is 0.647. The van der Waals surface area contributed by atoms with Crippen LogP contribution in [0.25, 0.3) is 0 Å². The van der Waals surface area contributed by atoms with Gasteiger partial charge < -0.3 is 10.6 Å². The van der Waals surface area contributed by atoms with Crippen LogP contribution in [-0.4, -0.2) is 55.6 Å². The molecule has 0 fully saturated rings. The largest absolute Gasteiger partial charge is 0.329 e. The molecule has 1 atom stereocenters. The van der Waals surface area contributed by atoms with Crippen molar-refractivity contribution < 1.29 is 0 Å². The lowest BCUT2D eigenvalue weighted by atomic mass is 9.90. The fourth-order valence-corrected chi connectivity index (χ4v) is 2.72. The van der Waals surface area contributed by atoms with E-state index in [0.29, 0.717) is 6.54 Å². The van der Waals surface area contributed by atoms with E-state index in [4.69, 9.17) is 17.3 Å². The van der Waals surface area contributed by atoms with Crippen molar-refractivity contribution in [3.63, 3.8) is 0 Å². The summed E-state index contributed by atoms with van der Waals surface area (Å²) in [5, 5.41) is 0.784. The van der Waals surface area contributed by atoms with Gasteiger partial charge in [-0.3, -0.25) is 4.90 Å². The van der Waals surface area contributed by atoms with Crippen LogP contribution in [0.2, 0.25) is 5.02 Å². The zero-order valence-electron chi connectivity index (χ0n) is 13.9. The SMILES string of the molecule is CCCN(CCN(C)C)C(C)(CN)Cc1ccc(Cl)cc1. The van der Waals surface area contributed by atoms with E-state index in [1.165, 1.54) is 5.56 Å². The smallest absolute Gasteiger partial charge is 0.0406 e. The van der Waals surface area contributed by atoms with Gasteiger partial charge in [-0.1, -0.05) is 30.7 Å². The Balaban J connectivity index is 2.83. The van der Waals surface area contributed by atoms with Crippen molar-refractivity contribution in [1.82, 2.24) is 9.80 Å². The van der Waals surface area contributed by atoms with Crippen molar-refractivity contribution in [3.8, 4) is 0 Å². The molecule has 21 heavy (non-hydrogen) atoms. The minimum Gasteiger partial charge on any atom is -0.329 e. The average molecular weight is 312 g/mol. The number of rotatable bonds is 9. The lowest BCUT2D eigenvalue weighted by Gasteiger charge is -2.41. The molecule has 0 aromatic heterocycles. The number of benzene rings is 1. The van der Waals surface area contributed by atoms with Crippen LogP contribution >= 0.6 is 11.6 Å². The fourth-order valence-electron chi connectivity index (χ4n) is 2.60. The summed E-state index contributed by atoms with van der Waals surface area (Å²) in [4.78, 5) is 4.75. The average Bonchev–Trinajstić information content (AvgIpc) is 2.45. The van der Waals surface area contributed by atoms with Gasteiger partial charge in [0.25, 0.3) is 0 Å². The van der Waals surface area contributed by atoms with E-state index in [0.717, 1.165) is 37.5 Å². The van der Waals surface area contributed by atoms with Gasteiger partial charge in [0.05, 0.1) is 0 Å². The van der Waals surface area contributed by atoms with Crippen molar-refractivity contribution in [1.29, 1.82) is 0 Å². The molecule has 1 aromatic carbocycles. The molecule has 0 spiro atoms. The molecule has 0 heterocycles. The molecule has 0 amide bonds. The molecular formula is C17H30ClN3. The van der Waals surface area contributed by atoms with Crippen molar-refractivity contribution in [3.05, 3.63) is 34.9 Å². The molecule has 0 saturated carbocycles. The molecule has 0 aliphatic heterocycles. The second kappa shape index (κ2) is 8.74. The highest BCUT2D eigenvalue weighted by Crippen LogP contribution is 2.21. The number of hydrogen-bond donors (Lipinski definition) is 1. The Labute approximate surface area is 135 Å². The molecule has 1 aromatic rings. The van der Waals surface area contributed by atoms with Crippen LogP contribution in [-0.2, 0) is 6.42 Å². The highest BCUT2D eigenvalue weighted by atomic mass is 35.5. The summed E-state index contributed by atoms with van der Waals surface area (Å²) in [7, 11) is 4.23. The van der Waals surface area contributed by atoms with Gasteiger partial charge in [-0.25, -0.2) is 0 Å². The number of halogens is 1. The van der Waals surface area contributed by atoms with Gasteiger partial charge in [-0.15, -0.1) is 0 Å². The van der Waals surface area contributed by atoms with Crippen LogP contribution in [0.15, 0.2) is 24.3 Å². The molecule has 120 valence electrons. The maximum Gasteiger partial charge on any atom is 0.0406 e. The second-order valence-corrected chi connectivity index (χ2v) is 6.73. The summed E-state index contributed by atoms with van der Waals surface area (Å²) in [6.07, 6.45) is 2.09. The third-order valence-corrected chi connectivity index (χ3v) is 4.26. The van der Waals surface area contributed by atoms with Gasteiger partial charge >= 0.3 is 0 Å². The van der Waals surface area contributed by atoms with Gasteiger partial charge in [0.2, 0.25) is 0 Å². The third-order valence-electron chi connectivity index (χ3n) is 4.01. The molecule has 0 aliphatic carbocycles. The Morgan fingerprint density at radius 2 is 1.71 bits per heavy atom. The van der Waals surface area contributed by atoms with E-state index < -0.39 is 0 Å². The van der Waals surface area contributed by atoms with Gasteiger partial charge in [0, 0.05) is 30.2 Å². The first-order chi connectivity index (χ1) is 9.91. The quantitative estimate of drug-likeness (QED) is 0.761. The lowest BCUT2D eigenvalue weighted by molar-refractivity contribution is 0.100. The topological polar surface area (TPSA) is 32.5 Å². The minimum atomic E-state index is -0.0140. The van der Waals surface area contributed by atoms with Gasteiger partial charge in [0.15, 0.2) is 0 Å². The monoisotopic (exact) mass is 311 g/mol. The summed E-state index contributed by atoms with van der Waals surface area (Å²) in [6, 6.07) is 8.12. The van der Waals surface area contributed by atoms with E-state index in [-0.39, 0.29) is 5.54 Å². The maximum atomic E-state index is 6.14. The molecular weight excluding hydrogens is 282 g/mol. The Bertz CT molecular complexity index is 405. The molecule has 0 radical (unpaired) electrons.